The number of aromatic nitrogens is 5. The van der Waals surface area contributed by atoms with Crippen molar-refractivity contribution in [2.24, 2.45) is 0 Å². The number of nitrogens with zero attached hydrogens (tertiary/aromatic N) is 6. The van der Waals surface area contributed by atoms with Gasteiger partial charge in [0.25, 0.3) is 5.69 Å². The fourth-order valence-electron chi connectivity index (χ4n) is 1.21. The zero-order chi connectivity index (χ0) is 13.1. The molecule has 2 rings (SSSR count). The van der Waals surface area contributed by atoms with Crippen LogP contribution in [-0.2, 0) is 0 Å². The van der Waals surface area contributed by atoms with E-state index in [0.717, 1.165) is 0 Å². The zero-order valence-electron chi connectivity index (χ0n) is 9.72. The highest BCUT2D eigenvalue weighted by atomic mass is 32.2. The number of rotatable bonds is 4. The third kappa shape index (κ3) is 2.62. The van der Waals surface area contributed by atoms with Gasteiger partial charge in [0.05, 0.1) is 11.0 Å². The maximum Gasteiger partial charge on any atom is 0.287 e. The van der Waals surface area contributed by atoms with Crippen LogP contribution < -0.4 is 0 Å². The Morgan fingerprint density at radius 2 is 2.22 bits per heavy atom. The van der Waals surface area contributed by atoms with E-state index in [1.54, 1.807) is 10.7 Å². The van der Waals surface area contributed by atoms with Gasteiger partial charge in [0.15, 0.2) is 0 Å². The molecule has 0 saturated heterocycles. The Balaban J connectivity index is 2.18. The molecule has 0 fully saturated rings. The fraction of sp³-hybridized carbons (Fsp3) is 0.333. The Morgan fingerprint density at radius 3 is 2.78 bits per heavy atom. The predicted molar refractivity (Wildman–Crippen MR) is 63.2 cm³/mol. The molecule has 94 valence electrons. The van der Waals surface area contributed by atoms with Gasteiger partial charge in [-0.25, -0.2) is 9.67 Å². The quantitative estimate of drug-likeness (QED) is 0.613. The van der Waals surface area contributed by atoms with Crippen LogP contribution >= 0.6 is 11.8 Å². The molecule has 0 N–H and O–H groups in total. The van der Waals surface area contributed by atoms with Crippen molar-refractivity contribution in [2.45, 2.75) is 30.1 Å². The second-order valence-corrected chi connectivity index (χ2v) is 4.70. The number of nitro groups is 1. The minimum atomic E-state index is -0.486. The highest BCUT2D eigenvalue weighted by molar-refractivity contribution is 7.99. The molecule has 2 aromatic heterocycles. The van der Waals surface area contributed by atoms with Crippen LogP contribution in [0.1, 0.15) is 19.9 Å². The fourth-order valence-corrected chi connectivity index (χ4v) is 2.06. The van der Waals surface area contributed by atoms with E-state index in [9.17, 15) is 10.1 Å². The van der Waals surface area contributed by atoms with Gasteiger partial charge >= 0.3 is 0 Å². The summed E-state index contributed by atoms with van der Waals surface area (Å²) in [5.41, 5.74) is -0.0391. The smallest absolute Gasteiger partial charge is 0.258 e. The summed E-state index contributed by atoms with van der Waals surface area (Å²) in [4.78, 5) is 14.0. The van der Waals surface area contributed by atoms with Crippen LogP contribution in [0.3, 0.4) is 0 Å². The minimum Gasteiger partial charge on any atom is -0.258 e. The molecule has 0 radical (unpaired) electrons. The van der Waals surface area contributed by atoms with Crippen molar-refractivity contribution in [1.29, 1.82) is 0 Å². The highest BCUT2D eigenvalue weighted by Gasteiger charge is 2.12. The summed E-state index contributed by atoms with van der Waals surface area (Å²) in [6.07, 6.45) is 1.21. The first-order valence-corrected chi connectivity index (χ1v) is 5.95. The van der Waals surface area contributed by atoms with E-state index in [1.807, 2.05) is 13.8 Å². The molecule has 0 aromatic carbocycles. The first-order valence-electron chi connectivity index (χ1n) is 5.14. The molecule has 0 aliphatic carbocycles. The Hall–Kier alpha value is -2.03. The normalized spacial score (nSPS) is 10.8. The Bertz CT molecular complexity index is 552. The highest BCUT2D eigenvalue weighted by Crippen LogP contribution is 2.25. The molecule has 2 aromatic rings. The van der Waals surface area contributed by atoms with Crippen LogP contribution in [-0.4, -0.2) is 30.1 Å². The molecule has 0 atom stereocenters. The van der Waals surface area contributed by atoms with E-state index in [2.05, 4.69) is 20.5 Å². The summed E-state index contributed by atoms with van der Waals surface area (Å²) < 4.78 is 1.66. The Labute approximate surface area is 107 Å². The second kappa shape index (κ2) is 5.08. The van der Waals surface area contributed by atoms with Crippen LogP contribution in [0.4, 0.5) is 5.69 Å². The summed E-state index contributed by atoms with van der Waals surface area (Å²) in [6, 6.07) is 3.11. The third-order valence-electron chi connectivity index (χ3n) is 2.08. The molecular weight excluding hydrogens is 256 g/mol. The molecule has 0 aliphatic heterocycles. The number of hydrogen-bond donors (Lipinski definition) is 0. The van der Waals surface area contributed by atoms with Gasteiger partial charge in [-0.1, -0.05) is 0 Å². The van der Waals surface area contributed by atoms with E-state index >= 15 is 0 Å². The predicted octanol–water partition coefficient (Wildman–Crippen LogP) is 1.71. The summed E-state index contributed by atoms with van der Waals surface area (Å²) >= 11 is 1.26. The molecular formula is C9H10N6O2S. The lowest BCUT2D eigenvalue weighted by molar-refractivity contribution is -0.385. The number of hydrogen-bond acceptors (Lipinski definition) is 7. The van der Waals surface area contributed by atoms with Crippen molar-refractivity contribution in [3.8, 4) is 0 Å². The van der Waals surface area contributed by atoms with Gasteiger partial charge < -0.3 is 0 Å². The Morgan fingerprint density at radius 1 is 1.44 bits per heavy atom. The molecule has 0 aliphatic rings. The van der Waals surface area contributed by atoms with Gasteiger partial charge in [-0.2, -0.15) is 0 Å². The van der Waals surface area contributed by atoms with Crippen molar-refractivity contribution in [1.82, 2.24) is 25.2 Å². The average molecular weight is 266 g/mol. The van der Waals surface area contributed by atoms with Gasteiger partial charge in [0.2, 0.25) is 5.16 Å². The second-order valence-electron chi connectivity index (χ2n) is 3.71. The number of pyridine rings is 1. The number of tetrazole rings is 1. The lowest BCUT2D eigenvalue weighted by Crippen LogP contribution is -2.04. The van der Waals surface area contributed by atoms with Crippen LogP contribution in [0.5, 0.6) is 0 Å². The molecule has 9 heteroatoms. The summed E-state index contributed by atoms with van der Waals surface area (Å²) in [7, 11) is 0. The van der Waals surface area contributed by atoms with E-state index < -0.39 is 4.92 Å². The Kier molecular flexibility index (Phi) is 3.51. The van der Waals surface area contributed by atoms with Crippen LogP contribution in [0.25, 0.3) is 0 Å². The molecule has 0 amide bonds. The molecule has 0 bridgehead atoms. The molecule has 18 heavy (non-hydrogen) atoms. The third-order valence-corrected chi connectivity index (χ3v) is 2.98. The van der Waals surface area contributed by atoms with Crippen molar-refractivity contribution in [3.05, 3.63) is 28.4 Å². The largest absolute Gasteiger partial charge is 0.287 e. The monoisotopic (exact) mass is 266 g/mol. The van der Waals surface area contributed by atoms with Crippen LogP contribution in [0, 0.1) is 10.1 Å². The molecule has 2 heterocycles. The first kappa shape index (κ1) is 12.4. The molecule has 0 unspecified atom stereocenters. The maximum atomic E-state index is 10.5. The zero-order valence-corrected chi connectivity index (χ0v) is 10.5. The topological polar surface area (TPSA) is 99.6 Å². The summed E-state index contributed by atoms with van der Waals surface area (Å²) in [5, 5.41) is 23.0. The van der Waals surface area contributed by atoms with Crippen molar-refractivity contribution < 1.29 is 4.92 Å². The van der Waals surface area contributed by atoms with E-state index in [1.165, 1.54) is 24.0 Å². The van der Waals surface area contributed by atoms with E-state index in [-0.39, 0.29) is 11.7 Å². The first-order chi connectivity index (χ1) is 8.58. The van der Waals surface area contributed by atoms with Crippen LogP contribution in [0.2, 0.25) is 0 Å². The lowest BCUT2D eigenvalue weighted by Gasteiger charge is -2.06. The average Bonchev–Trinajstić information content (AvgIpc) is 2.78. The van der Waals surface area contributed by atoms with E-state index in [4.69, 9.17) is 0 Å². The summed E-state index contributed by atoms with van der Waals surface area (Å²) in [6.45, 7) is 3.92. The van der Waals surface area contributed by atoms with E-state index in [0.29, 0.717) is 10.2 Å². The van der Waals surface area contributed by atoms with Gasteiger partial charge in [-0.3, -0.25) is 10.1 Å². The molecule has 0 spiro atoms. The van der Waals surface area contributed by atoms with Gasteiger partial charge in [0.1, 0.15) is 11.2 Å². The van der Waals surface area contributed by atoms with Gasteiger partial charge in [-0.15, -0.1) is 5.10 Å². The van der Waals surface area contributed by atoms with Crippen molar-refractivity contribution in [3.63, 3.8) is 0 Å². The van der Waals surface area contributed by atoms with Crippen LogP contribution in [0.15, 0.2) is 28.5 Å². The summed E-state index contributed by atoms with van der Waals surface area (Å²) in [5.74, 6) is 0. The minimum absolute atomic E-state index is 0.0391. The van der Waals surface area contributed by atoms with Gasteiger partial charge in [-0.05, 0) is 42.1 Å². The molecule has 8 nitrogen and oxygen atoms in total. The van der Waals surface area contributed by atoms with Crippen molar-refractivity contribution >= 4 is 17.4 Å². The van der Waals surface area contributed by atoms with Gasteiger partial charge in [0, 0.05) is 6.07 Å². The lowest BCUT2D eigenvalue weighted by atomic mass is 10.4. The maximum absolute atomic E-state index is 10.5. The molecule has 0 saturated carbocycles. The van der Waals surface area contributed by atoms with Crippen molar-refractivity contribution in [2.75, 3.05) is 0 Å². The SMILES string of the molecule is CC(C)n1nnnc1Sc1ccc([N+](=O)[O-])cn1. The standard InChI is InChI=1S/C9H10N6O2S/c1-6(2)14-9(11-12-13-14)18-8-4-3-7(5-10-8)15(16)17/h3-6H,1-2H3.